The molecule has 114 valence electrons. The van der Waals surface area contributed by atoms with Crippen molar-refractivity contribution < 1.29 is 9.32 Å². The van der Waals surface area contributed by atoms with Crippen LogP contribution in [0.3, 0.4) is 0 Å². The Morgan fingerprint density at radius 1 is 1.32 bits per heavy atom. The Morgan fingerprint density at radius 3 is 2.77 bits per heavy atom. The number of rotatable bonds is 3. The molecule has 2 heterocycles. The maximum Gasteiger partial charge on any atom is 0.256 e. The Balaban J connectivity index is 1.93. The summed E-state index contributed by atoms with van der Waals surface area (Å²) in [7, 11) is 1.77. The van der Waals surface area contributed by atoms with Crippen LogP contribution < -0.4 is 0 Å². The van der Waals surface area contributed by atoms with Crippen LogP contribution in [0.15, 0.2) is 28.8 Å². The van der Waals surface area contributed by atoms with E-state index < -0.39 is 0 Å². The largest absolute Gasteiger partial charge is 0.361 e. The number of aromatic nitrogens is 2. The second-order valence-electron chi connectivity index (χ2n) is 5.69. The molecule has 0 bridgehead atoms. The summed E-state index contributed by atoms with van der Waals surface area (Å²) < 4.78 is 5.05. The number of aryl methyl sites for hydroxylation is 3. The van der Waals surface area contributed by atoms with Gasteiger partial charge in [0.2, 0.25) is 0 Å². The third-order valence-corrected chi connectivity index (χ3v) is 4.00. The molecule has 0 radical (unpaired) electrons. The minimum atomic E-state index is -0.0347. The van der Waals surface area contributed by atoms with E-state index >= 15 is 0 Å². The Hall–Kier alpha value is -2.56. The summed E-state index contributed by atoms with van der Waals surface area (Å²) in [6, 6.07) is 7.65. The van der Waals surface area contributed by atoms with Gasteiger partial charge in [0, 0.05) is 24.2 Å². The summed E-state index contributed by atoms with van der Waals surface area (Å²) in [6.07, 6.45) is 0. The fourth-order valence-corrected chi connectivity index (χ4v) is 2.67. The van der Waals surface area contributed by atoms with Crippen molar-refractivity contribution in [2.75, 3.05) is 7.05 Å². The first-order valence-corrected chi connectivity index (χ1v) is 7.23. The minimum Gasteiger partial charge on any atom is -0.361 e. The molecule has 0 fully saturated rings. The van der Waals surface area contributed by atoms with Gasteiger partial charge in [0.1, 0.15) is 11.5 Å². The number of H-pyrrole nitrogens is 1. The molecule has 3 rings (SSSR count). The molecule has 5 nitrogen and oxygen atoms in total. The van der Waals surface area contributed by atoms with Crippen molar-refractivity contribution in [2.45, 2.75) is 27.3 Å². The molecule has 0 unspecified atom stereocenters. The number of carbonyl (C=O) groups excluding carboxylic acids is 1. The van der Waals surface area contributed by atoms with Gasteiger partial charge in [0.25, 0.3) is 5.91 Å². The molecule has 0 aliphatic carbocycles. The van der Waals surface area contributed by atoms with E-state index in [1.54, 1.807) is 11.9 Å². The van der Waals surface area contributed by atoms with Gasteiger partial charge in [-0.3, -0.25) is 4.79 Å². The maximum absolute atomic E-state index is 12.7. The highest BCUT2D eigenvalue weighted by molar-refractivity contribution is 6.06. The van der Waals surface area contributed by atoms with Crippen LogP contribution >= 0.6 is 0 Å². The van der Waals surface area contributed by atoms with Crippen LogP contribution in [-0.2, 0) is 6.54 Å². The summed E-state index contributed by atoms with van der Waals surface area (Å²) in [5.41, 5.74) is 4.59. The fourth-order valence-electron chi connectivity index (χ4n) is 2.67. The van der Waals surface area contributed by atoms with Gasteiger partial charge in [-0.1, -0.05) is 17.3 Å². The van der Waals surface area contributed by atoms with Gasteiger partial charge in [-0.2, -0.15) is 0 Å². The van der Waals surface area contributed by atoms with Crippen LogP contribution in [0, 0.1) is 20.8 Å². The Morgan fingerprint density at radius 2 is 2.09 bits per heavy atom. The number of carbonyl (C=O) groups is 1. The highest BCUT2D eigenvalue weighted by Crippen LogP contribution is 2.25. The van der Waals surface area contributed by atoms with Crippen molar-refractivity contribution in [1.29, 1.82) is 0 Å². The van der Waals surface area contributed by atoms with Crippen molar-refractivity contribution in [3.05, 3.63) is 52.5 Å². The minimum absolute atomic E-state index is 0.0347. The number of nitrogens with one attached hydrogen (secondary N) is 1. The predicted octanol–water partition coefficient (Wildman–Crippen LogP) is 3.35. The molecule has 1 aromatic carbocycles. The number of para-hydroxylation sites is 1. The molecule has 2 aromatic heterocycles. The van der Waals surface area contributed by atoms with E-state index in [9.17, 15) is 4.79 Å². The number of benzene rings is 1. The second-order valence-corrected chi connectivity index (χ2v) is 5.69. The van der Waals surface area contributed by atoms with Crippen molar-refractivity contribution >= 4 is 16.8 Å². The molecule has 1 N–H and O–H groups in total. The highest BCUT2D eigenvalue weighted by Gasteiger charge is 2.18. The summed E-state index contributed by atoms with van der Waals surface area (Å²) in [5.74, 6) is 0.709. The monoisotopic (exact) mass is 297 g/mol. The second kappa shape index (κ2) is 5.33. The average Bonchev–Trinajstić information content (AvgIpc) is 3.02. The van der Waals surface area contributed by atoms with Crippen molar-refractivity contribution in [3.63, 3.8) is 0 Å². The van der Waals surface area contributed by atoms with E-state index in [0.29, 0.717) is 12.1 Å². The first-order valence-electron chi connectivity index (χ1n) is 7.23. The number of hydrogen-bond donors (Lipinski definition) is 1. The van der Waals surface area contributed by atoms with Crippen LogP contribution in [0.2, 0.25) is 0 Å². The van der Waals surface area contributed by atoms with E-state index in [1.165, 1.54) is 5.56 Å². The van der Waals surface area contributed by atoms with Gasteiger partial charge in [0.05, 0.1) is 17.6 Å². The first kappa shape index (κ1) is 14.4. The number of aromatic amines is 1. The predicted molar refractivity (Wildman–Crippen MR) is 84.8 cm³/mol. The Bertz CT molecular complexity index is 845. The number of fused-ring (bicyclic) bond motifs is 1. The van der Waals surface area contributed by atoms with E-state index in [4.69, 9.17) is 4.52 Å². The van der Waals surface area contributed by atoms with Crippen LogP contribution in [0.5, 0.6) is 0 Å². The average molecular weight is 297 g/mol. The quantitative estimate of drug-likeness (QED) is 0.806. The standard InChI is InChI=1S/C17H19N3O2/c1-10-8-13(19-22-10)9-20(4)17(21)15-7-5-6-14-11(2)12(3)18-16(14)15/h5-8,18H,9H2,1-4H3. The number of amides is 1. The van der Waals surface area contributed by atoms with Gasteiger partial charge in [-0.15, -0.1) is 0 Å². The zero-order valence-corrected chi connectivity index (χ0v) is 13.2. The molecule has 22 heavy (non-hydrogen) atoms. The molecule has 0 saturated carbocycles. The van der Waals surface area contributed by atoms with Gasteiger partial charge in [0.15, 0.2) is 0 Å². The summed E-state index contributed by atoms with van der Waals surface area (Å²) in [5, 5.41) is 5.03. The van der Waals surface area contributed by atoms with Gasteiger partial charge in [-0.05, 0) is 32.4 Å². The molecule has 0 aliphatic heterocycles. The maximum atomic E-state index is 12.7. The smallest absolute Gasteiger partial charge is 0.256 e. The van der Waals surface area contributed by atoms with Crippen molar-refractivity contribution in [2.24, 2.45) is 0 Å². The molecule has 1 amide bonds. The lowest BCUT2D eigenvalue weighted by atomic mass is 10.1. The third kappa shape index (κ3) is 2.39. The molecule has 0 aliphatic rings. The summed E-state index contributed by atoms with van der Waals surface area (Å²) in [4.78, 5) is 17.7. The van der Waals surface area contributed by atoms with Gasteiger partial charge in [-0.25, -0.2) is 0 Å². The lowest BCUT2D eigenvalue weighted by Gasteiger charge is -2.16. The molecule has 0 saturated heterocycles. The summed E-state index contributed by atoms with van der Waals surface area (Å²) in [6.45, 7) is 6.34. The molecular formula is C17H19N3O2. The third-order valence-electron chi connectivity index (χ3n) is 4.00. The fraction of sp³-hybridized carbons (Fsp3) is 0.294. The van der Waals surface area contributed by atoms with Crippen LogP contribution in [0.1, 0.15) is 33.1 Å². The summed E-state index contributed by atoms with van der Waals surface area (Å²) >= 11 is 0. The normalized spacial score (nSPS) is 11.1. The lowest BCUT2D eigenvalue weighted by Crippen LogP contribution is -2.26. The zero-order chi connectivity index (χ0) is 15.9. The van der Waals surface area contributed by atoms with Gasteiger partial charge < -0.3 is 14.4 Å². The molecule has 3 aromatic rings. The Labute approximate surface area is 128 Å². The van der Waals surface area contributed by atoms with Gasteiger partial charge >= 0.3 is 0 Å². The zero-order valence-electron chi connectivity index (χ0n) is 13.2. The Kier molecular flexibility index (Phi) is 3.48. The van der Waals surface area contributed by atoms with E-state index in [-0.39, 0.29) is 5.91 Å². The number of hydrogen-bond acceptors (Lipinski definition) is 3. The first-order chi connectivity index (χ1) is 10.5. The lowest BCUT2D eigenvalue weighted by molar-refractivity contribution is 0.0784. The van der Waals surface area contributed by atoms with Crippen LogP contribution in [0.25, 0.3) is 10.9 Å². The highest BCUT2D eigenvalue weighted by atomic mass is 16.5. The van der Waals surface area contributed by atoms with Crippen LogP contribution in [-0.4, -0.2) is 28.0 Å². The SMILES string of the molecule is Cc1cc(CN(C)C(=O)c2cccc3c(C)c(C)[nH]c23)no1. The topological polar surface area (TPSA) is 62.1 Å². The van der Waals surface area contributed by atoms with E-state index in [2.05, 4.69) is 17.1 Å². The van der Waals surface area contributed by atoms with E-state index in [0.717, 1.165) is 28.1 Å². The molecule has 5 heteroatoms. The van der Waals surface area contributed by atoms with Crippen LogP contribution in [0.4, 0.5) is 0 Å². The number of nitrogens with zero attached hydrogens (tertiary/aromatic N) is 2. The molecule has 0 spiro atoms. The molecule has 0 atom stereocenters. The molecular weight excluding hydrogens is 278 g/mol. The van der Waals surface area contributed by atoms with Crippen molar-refractivity contribution in [1.82, 2.24) is 15.0 Å². The van der Waals surface area contributed by atoms with Crippen molar-refractivity contribution in [3.8, 4) is 0 Å². The van der Waals surface area contributed by atoms with E-state index in [1.807, 2.05) is 38.1 Å².